The van der Waals surface area contributed by atoms with Crippen LogP contribution in [-0.4, -0.2) is 10.1 Å². The third-order valence-corrected chi connectivity index (χ3v) is 6.02. The molecular formula is C18H9Cl6NO. The minimum atomic E-state index is -0.278. The fourth-order valence-corrected chi connectivity index (χ4v) is 4.03. The van der Waals surface area contributed by atoms with Crippen LogP contribution >= 0.6 is 69.6 Å². The van der Waals surface area contributed by atoms with E-state index >= 15 is 0 Å². The summed E-state index contributed by atoms with van der Waals surface area (Å²) in [5.74, 6) is 0. The first-order chi connectivity index (χ1) is 12.4. The van der Waals surface area contributed by atoms with E-state index in [0.29, 0.717) is 48.0 Å². The van der Waals surface area contributed by atoms with Crippen molar-refractivity contribution in [3.05, 3.63) is 72.2 Å². The maximum Gasteiger partial charge on any atom is 0.0815 e. The second kappa shape index (κ2) is 8.12. The van der Waals surface area contributed by atoms with Crippen molar-refractivity contribution in [3.8, 4) is 22.4 Å². The van der Waals surface area contributed by atoms with Crippen LogP contribution in [0.5, 0.6) is 0 Å². The van der Waals surface area contributed by atoms with E-state index in [4.69, 9.17) is 69.6 Å². The summed E-state index contributed by atoms with van der Waals surface area (Å²) in [5.41, 5.74) is 2.25. The molecule has 0 aliphatic carbocycles. The fourth-order valence-electron chi connectivity index (χ4n) is 2.60. The molecule has 0 amide bonds. The summed E-state index contributed by atoms with van der Waals surface area (Å²) in [4.78, 5) is 4.41. The van der Waals surface area contributed by atoms with E-state index in [9.17, 15) is 5.11 Å². The van der Waals surface area contributed by atoms with E-state index in [0.717, 1.165) is 0 Å². The molecule has 2 nitrogen and oxygen atoms in total. The van der Waals surface area contributed by atoms with E-state index in [2.05, 4.69) is 4.98 Å². The number of aromatic nitrogens is 1. The summed E-state index contributed by atoms with van der Waals surface area (Å²) >= 11 is 37.9. The molecule has 1 aromatic heterocycles. The predicted octanol–water partition coefficient (Wildman–Crippen LogP) is 7.83. The van der Waals surface area contributed by atoms with Gasteiger partial charge in [-0.15, -0.1) is 0 Å². The Morgan fingerprint density at radius 2 is 1.15 bits per heavy atom. The molecule has 0 saturated heterocycles. The molecule has 0 bridgehead atoms. The van der Waals surface area contributed by atoms with Crippen LogP contribution in [0.1, 0.15) is 5.56 Å². The summed E-state index contributed by atoms with van der Waals surface area (Å²) in [7, 11) is 0. The molecule has 26 heavy (non-hydrogen) atoms. The third kappa shape index (κ3) is 3.53. The molecule has 1 N–H and O–H groups in total. The average molecular weight is 468 g/mol. The van der Waals surface area contributed by atoms with Crippen molar-refractivity contribution in [3.63, 3.8) is 0 Å². The van der Waals surface area contributed by atoms with Crippen molar-refractivity contribution in [2.75, 3.05) is 0 Å². The van der Waals surface area contributed by atoms with Gasteiger partial charge in [-0.25, -0.2) is 0 Å². The maximum absolute atomic E-state index is 9.86. The maximum atomic E-state index is 9.86. The van der Waals surface area contributed by atoms with Gasteiger partial charge < -0.3 is 5.11 Å². The summed E-state index contributed by atoms with van der Waals surface area (Å²) in [5, 5.41) is 11.6. The van der Waals surface area contributed by atoms with Crippen LogP contribution in [-0.2, 0) is 6.61 Å². The van der Waals surface area contributed by atoms with Crippen LogP contribution in [0.25, 0.3) is 22.4 Å². The summed E-state index contributed by atoms with van der Waals surface area (Å²) in [6, 6.07) is 8.06. The molecule has 1 heterocycles. The van der Waals surface area contributed by atoms with Gasteiger partial charge in [-0.3, -0.25) is 4.98 Å². The van der Waals surface area contributed by atoms with Crippen molar-refractivity contribution < 1.29 is 5.11 Å². The summed E-state index contributed by atoms with van der Waals surface area (Å²) in [6.45, 7) is -0.278. The van der Waals surface area contributed by atoms with Crippen LogP contribution in [0.2, 0.25) is 30.1 Å². The molecule has 3 aromatic rings. The minimum Gasteiger partial charge on any atom is -0.392 e. The van der Waals surface area contributed by atoms with Gasteiger partial charge in [0, 0.05) is 22.9 Å². The Labute approximate surface area is 180 Å². The van der Waals surface area contributed by atoms with Crippen LogP contribution < -0.4 is 0 Å². The zero-order valence-corrected chi connectivity index (χ0v) is 17.4. The molecule has 0 radical (unpaired) electrons. The number of pyridine rings is 1. The second-order valence-electron chi connectivity index (χ2n) is 5.29. The number of rotatable bonds is 3. The van der Waals surface area contributed by atoms with E-state index in [1.807, 2.05) is 0 Å². The van der Waals surface area contributed by atoms with Crippen LogP contribution in [0, 0.1) is 0 Å². The Morgan fingerprint density at radius 1 is 0.654 bits per heavy atom. The highest BCUT2D eigenvalue weighted by Crippen LogP contribution is 2.47. The monoisotopic (exact) mass is 465 g/mol. The molecule has 0 saturated carbocycles. The van der Waals surface area contributed by atoms with Crippen LogP contribution in [0.3, 0.4) is 0 Å². The Balaban J connectivity index is 2.47. The normalized spacial score (nSPS) is 11.0. The number of aliphatic hydroxyl groups excluding tert-OH is 1. The zero-order valence-electron chi connectivity index (χ0n) is 12.8. The quantitative estimate of drug-likeness (QED) is 0.398. The topological polar surface area (TPSA) is 33.1 Å². The van der Waals surface area contributed by atoms with E-state index < -0.39 is 0 Å². The number of hydrogen-bond donors (Lipinski definition) is 1. The Hall–Kier alpha value is -0.710. The molecule has 0 aliphatic heterocycles. The molecular weight excluding hydrogens is 459 g/mol. The van der Waals surface area contributed by atoms with Gasteiger partial charge in [-0.05, 0) is 35.9 Å². The van der Waals surface area contributed by atoms with Gasteiger partial charge in [0.2, 0.25) is 0 Å². The van der Waals surface area contributed by atoms with Gasteiger partial charge in [0.15, 0.2) is 0 Å². The zero-order chi connectivity index (χ0) is 19.0. The van der Waals surface area contributed by atoms with Crippen molar-refractivity contribution in [1.82, 2.24) is 4.98 Å². The van der Waals surface area contributed by atoms with E-state index in [-0.39, 0.29) is 16.7 Å². The lowest BCUT2D eigenvalue weighted by Crippen LogP contribution is -1.99. The van der Waals surface area contributed by atoms with Crippen LogP contribution in [0.15, 0.2) is 36.5 Å². The lowest BCUT2D eigenvalue weighted by atomic mass is 9.94. The number of hydrogen-bond acceptors (Lipinski definition) is 2. The standard InChI is InChI=1S/C18H9Cl6NO/c19-9-1-3-11(21)16(23)14(9)13-8(7-26)5-6-25-18(13)15-10(20)2-4-12(22)17(15)24/h1-6,26H,7H2. The Kier molecular flexibility index (Phi) is 6.25. The van der Waals surface area contributed by atoms with Gasteiger partial charge in [0.25, 0.3) is 0 Å². The summed E-state index contributed by atoms with van der Waals surface area (Å²) < 4.78 is 0. The second-order valence-corrected chi connectivity index (χ2v) is 7.67. The van der Waals surface area contributed by atoms with Gasteiger partial charge in [-0.1, -0.05) is 69.6 Å². The van der Waals surface area contributed by atoms with Gasteiger partial charge in [-0.2, -0.15) is 0 Å². The molecule has 0 atom stereocenters. The first-order valence-electron chi connectivity index (χ1n) is 7.23. The Morgan fingerprint density at radius 3 is 1.73 bits per heavy atom. The van der Waals surface area contributed by atoms with Crippen molar-refractivity contribution >= 4 is 69.6 Å². The number of nitrogens with zero attached hydrogens (tertiary/aromatic N) is 1. The molecule has 0 aliphatic rings. The fraction of sp³-hybridized carbons (Fsp3) is 0.0556. The lowest BCUT2D eigenvalue weighted by Gasteiger charge is -2.18. The third-order valence-electron chi connectivity index (χ3n) is 3.78. The van der Waals surface area contributed by atoms with Gasteiger partial charge in [0.1, 0.15) is 0 Å². The largest absolute Gasteiger partial charge is 0.392 e. The molecule has 0 fully saturated rings. The van der Waals surface area contributed by atoms with Crippen molar-refractivity contribution in [1.29, 1.82) is 0 Å². The lowest BCUT2D eigenvalue weighted by molar-refractivity contribution is 0.282. The number of halogens is 6. The first kappa shape index (κ1) is 20.0. The predicted molar refractivity (Wildman–Crippen MR) is 111 cm³/mol. The van der Waals surface area contributed by atoms with Gasteiger partial charge >= 0.3 is 0 Å². The summed E-state index contributed by atoms with van der Waals surface area (Å²) in [6.07, 6.45) is 1.53. The molecule has 2 aromatic carbocycles. The molecule has 3 rings (SSSR count). The van der Waals surface area contributed by atoms with Gasteiger partial charge in [0.05, 0.1) is 42.4 Å². The number of benzene rings is 2. The van der Waals surface area contributed by atoms with E-state index in [1.165, 1.54) is 6.20 Å². The highest BCUT2D eigenvalue weighted by molar-refractivity contribution is 6.47. The van der Waals surface area contributed by atoms with Crippen molar-refractivity contribution in [2.45, 2.75) is 6.61 Å². The minimum absolute atomic E-state index is 0.234. The first-order valence-corrected chi connectivity index (χ1v) is 9.50. The SMILES string of the molecule is OCc1ccnc(-c2c(Cl)ccc(Cl)c2Cl)c1-c1c(Cl)ccc(Cl)c1Cl. The molecule has 134 valence electrons. The molecule has 0 unspecified atom stereocenters. The smallest absolute Gasteiger partial charge is 0.0815 e. The highest BCUT2D eigenvalue weighted by Gasteiger charge is 2.23. The van der Waals surface area contributed by atoms with E-state index in [1.54, 1.807) is 30.3 Å². The highest BCUT2D eigenvalue weighted by atomic mass is 35.5. The Bertz CT molecular complexity index is 1010. The van der Waals surface area contributed by atoms with Crippen molar-refractivity contribution in [2.24, 2.45) is 0 Å². The molecule has 0 spiro atoms. The average Bonchev–Trinajstić information content (AvgIpc) is 2.63. The van der Waals surface area contributed by atoms with Crippen LogP contribution in [0.4, 0.5) is 0 Å². The molecule has 8 heteroatoms. The number of aliphatic hydroxyl groups is 1.